The van der Waals surface area contributed by atoms with Gasteiger partial charge in [-0.15, -0.1) is 10.2 Å². The van der Waals surface area contributed by atoms with Crippen LogP contribution < -0.4 is 9.47 Å². The number of aromatic nitrogens is 2. The molecule has 0 radical (unpaired) electrons. The predicted octanol–water partition coefficient (Wildman–Crippen LogP) is 4.93. The summed E-state index contributed by atoms with van der Waals surface area (Å²) in [7, 11) is 1.63. The monoisotopic (exact) mass is 465 g/mol. The number of hydrogen-bond donors (Lipinski definition) is 0. The molecule has 2 aromatic carbocycles. The van der Waals surface area contributed by atoms with Crippen LogP contribution in [0.5, 0.6) is 11.5 Å². The minimum absolute atomic E-state index is 0.119. The van der Waals surface area contributed by atoms with Crippen molar-refractivity contribution in [2.24, 2.45) is 0 Å². The number of carbonyl (C=O) groups is 1. The Labute approximate surface area is 197 Å². The summed E-state index contributed by atoms with van der Waals surface area (Å²) in [6.07, 6.45) is 6.24. The predicted molar refractivity (Wildman–Crippen MR) is 124 cm³/mol. The molecule has 1 saturated carbocycles. The SMILES string of the molecule is COc1cc2c(cc1/C=C/C(=O)N(Cc1nnc(-c3ccccc3Cl)o1)C1CC1)OC(C)C2. The summed E-state index contributed by atoms with van der Waals surface area (Å²) in [4.78, 5) is 14.8. The Morgan fingerprint density at radius 3 is 2.85 bits per heavy atom. The third-order valence-electron chi connectivity index (χ3n) is 5.80. The summed E-state index contributed by atoms with van der Waals surface area (Å²) in [5.41, 5.74) is 2.59. The van der Waals surface area contributed by atoms with Crippen LogP contribution in [-0.4, -0.2) is 40.3 Å². The molecule has 1 aromatic heterocycles. The van der Waals surface area contributed by atoms with Crippen molar-refractivity contribution in [2.75, 3.05) is 7.11 Å². The van der Waals surface area contributed by atoms with E-state index in [1.807, 2.05) is 37.3 Å². The minimum atomic E-state index is -0.119. The Hall–Kier alpha value is -3.32. The highest BCUT2D eigenvalue weighted by Crippen LogP contribution is 2.36. The third kappa shape index (κ3) is 4.59. The van der Waals surface area contributed by atoms with Gasteiger partial charge in [-0.2, -0.15) is 0 Å². The molecule has 1 aliphatic carbocycles. The van der Waals surface area contributed by atoms with Gasteiger partial charge in [-0.1, -0.05) is 23.7 Å². The van der Waals surface area contributed by atoms with E-state index in [1.54, 1.807) is 30.2 Å². The molecular formula is C25H24ClN3O4. The van der Waals surface area contributed by atoms with Crippen LogP contribution in [-0.2, 0) is 17.8 Å². The van der Waals surface area contributed by atoms with Crippen molar-refractivity contribution in [2.45, 2.75) is 44.9 Å². The highest BCUT2D eigenvalue weighted by Gasteiger charge is 2.33. The lowest BCUT2D eigenvalue weighted by molar-refractivity contribution is -0.127. The number of hydrogen-bond acceptors (Lipinski definition) is 6. The minimum Gasteiger partial charge on any atom is -0.496 e. The van der Waals surface area contributed by atoms with Crippen molar-refractivity contribution < 1.29 is 18.7 Å². The van der Waals surface area contributed by atoms with E-state index >= 15 is 0 Å². The van der Waals surface area contributed by atoms with Gasteiger partial charge < -0.3 is 18.8 Å². The largest absolute Gasteiger partial charge is 0.496 e. The molecule has 2 heterocycles. The molecule has 3 aromatic rings. The lowest BCUT2D eigenvalue weighted by atomic mass is 10.1. The Bertz CT molecular complexity index is 1220. The van der Waals surface area contributed by atoms with E-state index in [2.05, 4.69) is 10.2 Å². The van der Waals surface area contributed by atoms with Crippen molar-refractivity contribution in [1.82, 2.24) is 15.1 Å². The highest BCUT2D eigenvalue weighted by molar-refractivity contribution is 6.33. The molecule has 1 atom stereocenters. The zero-order valence-electron chi connectivity index (χ0n) is 18.5. The highest BCUT2D eigenvalue weighted by atomic mass is 35.5. The molecule has 33 heavy (non-hydrogen) atoms. The first-order chi connectivity index (χ1) is 16.0. The summed E-state index contributed by atoms with van der Waals surface area (Å²) in [6, 6.07) is 11.4. The van der Waals surface area contributed by atoms with Gasteiger partial charge in [0, 0.05) is 29.7 Å². The second-order valence-electron chi connectivity index (χ2n) is 8.35. The molecule has 2 aliphatic rings. The van der Waals surface area contributed by atoms with Crippen LogP contribution in [0.2, 0.25) is 5.02 Å². The van der Waals surface area contributed by atoms with E-state index in [9.17, 15) is 4.79 Å². The number of carbonyl (C=O) groups excluding carboxylic acids is 1. The fourth-order valence-corrected chi connectivity index (χ4v) is 4.22. The second-order valence-corrected chi connectivity index (χ2v) is 8.75. The summed E-state index contributed by atoms with van der Waals surface area (Å²) in [5, 5.41) is 8.77. The summed E-state index contributed by atoms with van der Waals surface area (Å²) >= 11 is 6.23. The van der Waals surface area contributed by atoms with Crippen molar-refractivity contribution in [1.29, 1.82) is 0 Å². The molecule has 1 amide bonds. The van der Waals surface area contributed by atoms with Crippen LogP contribution in [0, 0.1) is 0 Å². The molecule has 1 fully saturated rings. The first-order valence-corrected chi connectivity index (χ1v) is 11.3. The average Bonchev–Trinajstić information content (AvgIpc) is 3.43. The van der Waals surface area contributed by atoms with Crippen molar-refractivity contribution in [3.05, 3.63) is 64.5 Å². The Morgan fingerprint density at radius 1 is 1.27 bits per heavy atom. The van der Waals surface area contributed by atoms with E-state index in [-0.39, 0.29) is 24.6 Å². The smallest absolute Gasteiger partial charge is 0.249 e. The maximum Gasteiger partial charge on any atom is 0.249 e. The maximum atomic E-state index is 13.1. The topological polar surface area (TPSA) is 77.7 Å². The van der Waals surface area contributed by atoms with E-state index in [0.717, 1.165) is 41.9 Å². The lowest BCUT2D eigenvalue weighted by Crippen LogP contribution is -2.31. The van der Waals surface area contributed by atoms with Crippen LogP contribution in [0.25, 0.3) is 17.5 Å². The molecule has 170 valence electrons. The van der Waals surface area contributed by atoms with Gasteiger partial charge in [0.15, 0.2) is 0 Å². The molecule has 0 saturated heterocycles. The van der Waals surface area contributed by atoms with Crippen molar-refractivity contribution in [3.8, 4) is 23.0 Å². The number of benzene rings is 2. The quantitative estimate of drug-likeness (QED) is 0.460. The zero-order valence-corrected chi connectivity index (χ0v) is 19.2. The fraction of sp³-hybridized carbons (Fsp3) is 0.320. The van der Waals surface area contributed by atoms with Gasteiger partial charge >= 0.3 is 0 Å². The molecular weight excluding hydrogens is 442 g/mol. The van der Waals surface area contributed by atoms with Gasteiger partial charge in [0.2, 0.25) is 17.7 Å². The zero-order chi connectivity index (χ0) is 22.9. The van der Waals surface area contributed by atoms with Crippen LogP contribution >= 0.6 is 11.6 Å². The van der Waals surface area contributed by atoms with Crippen LogP contribution in [0.4, 0.5) is 0 Å². The van der Waals surface area contributed by atoms with Gasteiger partial charge in [-0.05, 0) is 50.1 Å². The van der Waals surface area contributed by atoms with E-state index < -0.39 is 0 Å². The number of rotatable bonds is 7. The van der Waals surface area contributed by atoms with Crippen LogP contribution in [0.15, 0.2) is 46.9 Å². The molecule has 0 spiro atoms. The van der Waals surface area contributed by atoms with Gasteiger partial charge in [0.1, 0.15) is 17.6 Å². The van der Waals surface area contributed by atoms with Crippen LogP contribution in [0.3, 0.4) is 0 Å². The van der Waals surface area contributed by atoms with Gasteiger partial charge in [-0.25, -0.2) is 0 Å². The summed E-state index contributed by atoms with van der Waals surface area (Å²) < 4.78 is 17.2. The van der Waals surface area contributed by atoms with Gasteiger partial charge in [-0.3, -0.25) is 4.79 Å². The third-order valence-corrected chi connectivity index (χ3v) is 6.13. The number of amides is 1. The number of halogens is 1. The first-order valence-electron chi connectivity index (χ1n) is 11.0. The molecule has 8 heteroatoms. The Kier molecular flexibility index (Phi) is 5.81. The number of methoxy groups -OCH3 is 1. The molecule has 0 N–H and O–H groups in total. The summed E-state index contributed by atoms with van der Waals surface area (Å²) in [5.74, 6) is 2.15. The molecule has 1 unspecified atom stereocenters. The van der Waals surface area contributed by atoms with Crippen LogP contribution in [0.1, 0.15) is 36.8 Å². The van der Waals surface area contributed by atoms with E-state index in [1.165, 1.54) is 0 Å². The van der Waals surface area contributed by atoms with Gasteiger partial charge in [0.25, 0.3) is 0 Å². The lowest BCUT2D eigenvalue weighted by Gasteiger charge is -2.18. The maximum absolute atomic E-state index is 13.1. The summed E-state index contributed by atoms with van der Waals surface area (Å²) in [6.45, 7) is 2.28. The number of nitrogens with zero attached hydrogens (tertiary/aromatic N) is 3. The average molecular weight is 466 g/mol. The molecule has 7 nitrogen and oxygen atoms in total. The van der Waals surface area contributed by atoms with Crippen molar-refractivity contribution >= 4 is 23.6 Å². The molecule has 5 rings (SSSR count). The van der Waals surface area contributed by atoms with Gasteiger partial charge in [0.05, 0.1) is 24.2 Å². The fourth-order valence-electron chi connectivity index (χ4n) is 4.00. The number of ether oxygens (including phenoxy) is 2. The Morgan fingerprint density at radius 2 is 2.09 bits per heavy atom. The standard InChI is InChI=1S/C25H24ClN3O4/c1-15-11-17-13-21(31-2)16(12-22(17)32-15)7-10-24(30)29(18-8-9-18)14-23-27-28-25(33-23)19-5-3-4-6-20(19)26/h3-7,10,12-13,15,18H,8-9,11,14H2,1-2H3/b10-7+. The Balaban J connectivity index is 1.33. The second kappa shape index (κ2) is 8.90. The first kappa shape index (κ1) is 21.5. The van der Waals surface area contributed by atoms with E-state index in [4.69, 9.17) is 25.5 Å². The normalized spacial score (nSPS) is 17.1. The van der Waals surface area contributed by atoms with E-state index in [0.29, 0.717) is 22.4 Å². The molecule has 0 bridgehead atoms. The van der Waals surface area contributed by atoms with Crippen molar-refractivity contribution in [3.63, 3.8) is 0 Å². The molecule has 1 aliphatic heterocycles. The number of fused-ring (bicyclic) bond motifs is 1.